The SMILES string of the molecule is Cc1[nH]ncc1-c1nnc(NC(=O)[C@@H]2CCO[C@H]2c2nccn2C)s1. The van der Waals surface area contributed by atoms with Crippen molar-refractivity contribution in [2.24, 2.45) is 13.0 Å². The second-order valence-corrected chi connectivity index (χ2v) is 6.87. The minimum absolute atomic E-state index is 0.128. The monoisotopic (exact) mass is 359 g/mol. The number of carbonyl (C=O) groups excluding carboxylic acids is 1. The van der Waals surface area contributed by atoms with Crippen LogP contribution in [0, 0.1) is 12.8 Å². The third-order valence-electron chi connectivity index (χ3n) is 4.26. The molecule has 0 aliphatic carbocycles. The van der Waals surface area contributed by atoms with Gasteiger partial charge in [0.15, 0.2) is 5.01 Å². The average Bonchev–Trinajstić information content (AvgIpc) is 3.33. The number of aromatic amines is 1. The standard InChI is InChI=1S/C15H17N7O2S/c1-8-10(7-17-19-8)14-20-21-15(25-14)18-13(23)9-3-6-24-11(9)12-16-4-5-22(12)2/h4-5,7,9,11H,3,6H2,1-2H3,(H,17,19)(H,18,21,23)/t9-,11-/m1/s1. The Labute approximate surface area is 147 Å². The van der Waals surface area contributed by atoms with E-state index in [0.717, 1.165) is 17.1 Å². The number of nitrogens with one attached hydrogen (secondary N) is 2. The summed E-state index contributed by atoms with van der Waals surface area (Å²) in [7, 11) is 1.89. The molecule has 2 atom stereocenters. The fourth-order valence-corrected chi connectivity index (χ4v) is 3.72. The van der Waals surface area contributed by atoms with Crippen LogP contribution in [0.4, 0.5) is 5.13 Å². The van der Waals surface area contributed by atoms with Crippen LogP contribution in [-0.4, -0.2) is 42.5 Å². The van der Waals surface area contributed by atoms with Crippen LogP contribution in [0.3, 0.4) is 0 Å². The minimum Gasteiger partial charge on any atom is -0.369 e. The number of carbonyl (C=O) groups is 1. The highest BCUT2D eigenvalue weighted by molar-refractivity contribution is 7.18. The molecule has 0 saturated carbocycles. The van der Waals surface area contributed by atoms with Gasteiger partial charge in [-0.2, -0.15) is 5.10 Å². The Kier molecular flexibility index (Phi) is 4.06. The van der Waals surface area contributed by atoms with Crippen LogP contribution in [-0.2, 0) is 16.6 Å². The van der Waals surface area contributed by atoms with Gasteiger partial charge in [-0.3, -0.25) is 9.89 Å². The highest BCUT2D eigenvalue weighted by atomic mass is 32.1. The van der Waals surface area contributed by atoms with Gasteiger partial charge in [0.1, 0.15) is 11.9 Å². The second-order valence-electron chi connectivity index (χ2n) is 5.89. The van der Waals surface area contributed by atoms with Crippen LogP contribution in [0.25, 0.3) is 10.6 Å². The zero-order chi connectivity index (χ0) is 17.4. The van der Waals surface area contributed by atoms with Crippen molar-refractivity contribution in [3.63, 3.8) is 0 Å². The summed E-state index contributed by atoms with van der Waals surface area (Å²) in [6.45, 7) is 2.44. The molecule has 4 rings (SSSR count). The first-order chi connectivity index (χ1) is 12.1. The molecule has 130 valence electrons. The Morgan fingerprint density at radius 1 is 1.48 bits per heavy atom. The average molecular weight is 359 g/mol. The molecular weight excluding hydrogens is 342 g/mol. The molecule has 0 bridgehead atoms. The van der Waals surface area contributed by atoms with Crippen molar-refractivity contribution in [1.82, 2.24) is 29.9 Å². The highest BCUT2D eigenvalue weighted by Gasteiger charge is 2.37. The van der Waals surface area contributed by atoms with Crippen LogP contribution < -0.4 is 5.32 Å². The first-order valence-corrected chi connectivity index (χ1v) is 8.68. The first-order valence-electron chi connectivity index (χ1n) is 7.87. The maximum absolute atomic E-state index is 12.7. The number of hydrogen-bond acceptors (Lipinski definition) is 7. The molecule has 25 heavy (non-hydrogen) atoms. The van der Waals surface area contributed by atoms with Crippen molar-refractivity contribution in [3.8, 4) is 10.6 Å². The molecule has 1 aliphatic heterocycles. The Balaban J connectivity index is 1.50. The van der Waals surface area contributed by atoms with Gasteiger partial charge in [-0.25, -0.2) is 4.98 Å². The van der Waals surface area contributed by atoms with E-state index in [1.54, 1.807) is 12.4 Å². The van der Waals surface area contributed by atoms with Gasteiger partial charge in [0.05, 0.1) is 17.7 Å². The van der Waals surface area contributed by atoms with Gasteiger partial charge >= 0.3 is 0 Å². The largest absolute Gasteiger partial charge is 0.369 e. The van der Waals surface area contributed by atoms with Crippen LogP contribution in [0.5, 0.6) is 0 Å². The molecule has 9 nitrogen and oxygen atoms in total. The number of aromatic nitrogens is 6. The molecule has 10 heteroatoms. The molecule has 0 spiro atoms. The van der Waals surface area contributed by atoms with Crippen LogP contribution >= 0.6 is 11.3 Å². The number of aryl methyl sites for hydroxylation is 2. The predicted octanol–water partition coefficient (Wildman–Crippen LogP) is 1.69. The Morgan fingerprint density at radius 3 is 3.08 bits per heavy atom. The zero-order valence-electron chi connectivity index (χ0n) is 13.8. The molecule has 0 radical (unpaired) electrons. The number of ether oxygens (including phenoxy) is 1. The van der Waals surface area contributed by atoms with Crippen molar-refractivity contribution in [3.05, 3.63) is 30.1 Å². The normalized spacial score (nSPS) is 20.1. The Bertz CT molecular complexity index is 899. The second kappa shape index (κ2) is 6.37. The smallest absolute Gasteiger partial charge is 0.232 e. The lowest BCUT2D eigenvalue weighted by atomic mass is 10.00. The summed E-state index contributed by atoms with van der Waals surface area (Å²) in [5.41, 5.74) is 1.79. The van der Waals surface area contributed by atoms with E-state index >= 15 is 0 Å². The van der Waals surface area contributed by atoms with Gasteiger partial charge in [-0.15, -0.1) is 10.2 Å². The van der Waals surface area contributed by atoms with Crippen molar-refractivity contribution < 1.29 is 9.53 Å². The number of imidazole rings is 1. The van der Waals surface area contributed by atoms with Crippen molar-refractivity contribution >= 4 is 22.4 Å². The predicted molar refractivity (Wildman–Crippen MR) is 90.9 cm³/mol. The first kappa shape index (κ1) is 15.9. The fraction of sp³-hybridized carbons (Fsp3) is 0.400. The Morgan fingerprint density at radius 2 is 2.36 bits per heavy atom. The number of H-pyrrole nitrogens is 1. The summed E-state index contributed by atoms with van der Waals surface area (Å²) >= 11 is 1.32. The molecule has 0 aromatic carbocycles. The van der Waals surface area contributed by atoms with E-state index in [9.17, 15) is 4.79 Å². The lowest BCUT2D eigenvalue weighted by Crippen LogP contribution is -2.26. The van der Waals surface area contributed by atoms with E-state index in [-0.39, 0.29) is 17.9 Å². The summed E-state index contributed by atoms with van der Waals surface area (Å²) < 4.78 is 7.62. The van der Waals surface area contributed by atoms with Crippen molar-refractivity contribution in [2.45, 2.75) is 19.4 Å². The van der Waals surface area contributed by atoms with E-state index in [0.29, 0.717) is 23.2 Å². The highest BCUT2D eigenvalue weighted by Crippen LogP contribution is 2.35. The summed E-state index contributed by atoms with van der Waals surface area (Å²) in [6.07, 6.45) is 5.55. The summed E-state index contributed by atoms with van der Waals surface area (Å²) in [6, 6.07) is 0. The van der Waals surface area contributed by atoms with Crippen LogP contribution in [0.15, 0.2) is 18.6 Å². The molecule has 4 heterocycles. The molecule has 1 saturated heterocycles. The molecule has 1 fully saturated rings. The molecule has 1 amide bonds. The molecule has 1 aliphatic rings. The van der Waals surface area contributed by atoms with Gasteiger partial charge in [0.2, 0.25) is 11.0 Å². The number of amides is 1. The summed E-state index contributed by atoms with van der Waals surface area (Å²) in [4.78, 5) is 17.0. The fourth-order valence-electron chi connectivity index (χ4n) is 2.91. The number of hydrogen-bond donors (Lipinski definition) is 2. The van der Waals surface area contributed by atoms with E-state index in [2.05, 4.69) is 30.7 Å². The van der Waals surface area contributed by atoms with Crippen molar-refractivity contribution in [2.75, 3.05) is 11.9 Å². The Hall–Kier alpha value is -2.59. The number of anilines is 1. The molecular formula is C15H17N7O2S. The van der Waals surface area contributed by atoms with E-state index in [1.165, 1.54) is 11.3 Å². The topological polar surface area (TPSA) is 111 Å². The van der Waals surface area contributed by atoms with E-state index in [4.69, 9.17) is 4.74 Å². The molecule has 3 aromatic heterocycles. The molecule has 3 aromatic rings. The lowest BCUT2D eigenvalue weighted by Gasteiger charge is -2.17. The lowest BCUT2D eigenvalue weighted by molar-refractivity contribution is -0.121. The van der Waals surface area contributed by atoms with Crippen molar-refractivity contribution in [1.29, 1.82) is 0 Å². The quantitative estimate of drug-likeness (QED) is 0.733. The van der Waals surface area contributed by atoms with Crippen LogP contribution in [0.1, 0.15) is 24.0 Å². The molecule has 0 unspecified atom stereocenters. The maximum Gasteiger partial charge on any atom is 0.232 e. The van der Waals surface area contributed by atoms with Gasteiger partial charge in [-0.05, 0) is 13.3 Å². The summed E-state index contributed by atoms with van der Waals surface area (Å²) in [5.74, 6) is 0.325. The third-order valence-corrected chi connectivity index (χ3v) is 5.13. The maximum atomic E-state index is 12.7. The van der Waals surface area contributed by atoms with Gasteiger partial charge in [0.25, 0.3) is 0 Å². The van der Waals surface area contributed by atoms with E-state index < -0.39 is 0 Å². The minimum atomic E-state index is -0.344. The summed E-state index contributed by atoms with van der Waals surface area (Å²) in [5, 5.41) is 19.1. The van der Waals surface area contributed by atoms with Gasteiger partial charge in [0, 0.05) is 31.7 Å². The van der Waals surface area contributed by atoms with Gasteiger partial charge < -0.3 is 14.6 Å². The third kappa shape index (κ3) is 2.94. The van der Waals surface area contributed by atoms with Crippen LogP contribution in [0.2, 0.25) is 0 Å². The van der Waals surface area contributed by atoms with E-state index in [1.807, 2.05) is 24.7 Å². The molecule has 2 N–H and O–H groups in total. The zero-order valence-corrected chi connectivity index (χ0v) is 14.6. The van der Waals surface area contributed by atoms with Gasteiger partial charge in [-0.1, -0.05) is 11.3 Å². The number of rotatable bonds is 4. The number of nitrogens with zero attached hydrogens (tertiary/aromatic N) is 5.